The maximum Gasteiger partial charge on any atom is 0.489 e. The summed E-state index contributed by atoms with van der Waals surface area (Å²) in [5.74, 6) is 4.96. The third kappa shape index (κ3) is 2.10. The van der Waals surface area contributed by atoms with Gasteiger partial charge in [0.25, 0.3) is 5.91 Å². The molecule has 1 saturated heterocycles. The van der Waals surface area contributed by atoms with Crippen LogP contribution < -0.4 is 5.84 Å². The van der Waals surface area contributed by atoms with E-state index in [9.17, 15) is 9.26 Å². The number of hydrazine groups is 1. The predicted molar refractivity (Wildman–Crippen MR) is 69.4 cm³/mol. The molecule has 1 heterocycles. The zero-order valence-corrected chi connectivity index (χ0v) is 11.0. The summed E-state index contributed by atoms with van der Waals surface area (Å²) in [6, 6.07) is 11.2. The average molecular weight is 271 g/mol. The van der Waals surface area contributed by atoms with Crippen molar-refractivity contribution in [1.29, 1.82) is 0 Å². The number of fused-ring (bicyclic) bond motifs is 1. The largest absolute Gasteiger partial charge is 0.489 e. The SMILES string of the molecule is NN([Si]=O)C(=O)c1cccc2c(C3CO3)cccc12. The second-order valence-electron chi connectivity index (χ2n) is 4.34. The van der Waals surface area contributed by atoms with Gasteiger partial charge in [-0.25, -0.2) is 10.5 Å². The third-order valence-electron chi connectivity index (χ3n) is 3.18. The van der Waals surface area contributed by atoms with E-state index in [0.717, 1.165) is 16.3 Å². The zero-order valence-electron chi connectivity index (χ0n) is 10.00. The molecule has 19 heavy (non-hydrogen) atoms. The van der Waals surface area contributed by atoms with E-state index >= 15 is 0 Å². The summed E-state index contributed by atoms with van der Waals surface area (Å²) in [6.07, 6.45) is 0.115. The summed E-state index contributed by atoms with van der Waals surface area (Å²) in [4.78, 5) is 12.1. The van der Waals surface area contributed by atoms with Gasteiger partial charge in [-0.05, 0) is 22.4 Å². The van der Waals surface area contributed by atoms with Gasteiger partial charge in [0.1, 0.15) is 6.10 Å². The number of benzene rings is 2. The van der Waals surface area contributed by atoms with Gasteiger partial charge in [0.2, 0.25) is 0 Å². The Labute approximate surface area is 111 Å². The predicted octanol–water partition coefficient (Wildman–Crippen LogP) is 1.19. The molecule has 95 valence electrons. The van der Waals surface area contributed by atoms with E-state index in [0.29, 0.717) is 16.8 Å². The van der Waals surface area contributed by atoms with E-state index in [1.165, 1.54) is 0 Å². The highest BCUT2D eigenvalue weighted by Crippen LogP contribution is 2.35. The van der Waals surface area contributed by atoms with E-state index in [2.05, 4.69) is 0 Å². The summed E-state index contributed by atoms with van der Waals surface area (Å²) in [5, 5.41) is 1.77. The van der Waals surface area contributed by atoms with Crippen molar-refractivity contribution in [2.45, 2.75) is 6.10 Å². The maximum atomic E-state index is 12.1. The summed E-state index contributed by atoms with van der Waals surface area (Å²) >= 11 is 0. The van der Waals surface area contributed by atoms with Crippen LogP contribution in [-0.2, 0) is 9.20 Å². The first-order valence-corrected chi connectivity index (χ1v) is 6.68. The minimum atomic E-state index is -1.000. The molecule has 1 aliphatic rings. The number of hydrogen-bond donors (Lipinski definition) is 1. The molecule has 1 atom stereocenters. The van der Waals surface area contributed by atoms with Crippen LogP contribution in [0.5, 0.6) is 0 Å². The van der Waals surface area contributed by atoms with Crippen LogP contribution in [0.2, 0.25) is 0 Å². The van der Waals surface area contributed by atoms with Gasteiger partial charge >= 0.3 is 9.57 Å². The van der Waals surface area contributed by atoms with Crippen LogP contribution in [0.25, 0.3) is 10.8 Å². The highest BCUT2D eigenvalue weighted by atomic mass is 28.2. The molecule has 5 nitrogen and oxygen atoms in total. The lowest BCUT2D eigenvalue weighted by atomic mass is 9.98. The molecule has 1 aliphatic heterocycles. The Balaban J connectivity index is 2.18. The van der Waals surface area contributed by atoms with Crippen LogP contribution in [0.4, 0.5) is 0 Å². The Hall–Kier alpha value is -1.89. The van der Waals surface area contributed by atoms with Gasteiger partial charge in [0, 0.05) is 5.56 Å². The van der Waals surface area contributed by atoms with Gasteiger partial charge in [0.15, 0.2) is 0 Å². The second kappa shape index (κ2) is 4.65. The second-order valence-corrected chi connectivity index (χ2v) is 5.00. The quantitative estimate of drug-likeness (QED) is 0.299. The fraction of sp³-hybridized carbons (Fsp3) is 0.154. The molecule has 6 heteroatoms. The third-order valence-corrected chi connectivity index (χ3v) is 3.58. The molecular weight excluding hydrogens is 260 g/mol. The first kappa shape index (κ1) is 12.2. The van der Waals surface area contributed by atoms with Crippen molar-refractivity contribution in [3.05, 3.63) is 47.5 Å². The molecule has 1 fully saturated rings. The number of hydrogen-bond acceptors (Lipinski definition) is 4. The Morgan fingerprint density at radius 3 is 2.63 bits per heavy atom. The lowest BCUT2D eigenvalue weighted by Crippen LogP contribution is -2.37. The van der Waals surface area contributed by atoms with Gasteiger partial charge in [-0.15, -0.1) is 0 Å². The Kier molecular flexibility index (Phi) is 2.98. The average Bonchev–Trinajstić information content (AvgIpc) is 3.29. The fourth-order valence-electron chi connectivity index (χ4n) is 2.20. The first-order chi connectivity index (χ1) is 9.22. The van der Waals surface area contributed by atoms with Crippen LogP contribution in [0.1, 0.15) is 22.0 Å². The van der Waals surface area contributed by atoms with Gasteiger partial charge in [0.05, 0.1) is 6.61 Å². The van der Waals surface area contributed by atoms with Crippen LogP contribution in [-0.4, -0.2) is 26.8 Å². The van der Waals surface area contributed by atoms with Crippen LogP contribution in [0, 0.1) is 0 Å². The number of ether oxygens (including phenoxy) is 1. The number of amides is 1. The molecule has 1 unspecified atom stereocenters. The van der Waals surface area contributed by atoms with Gasteiger partial charge < -0.3 is 9.20 Å². The van der Waals surface area contributed by atoms with Gasteiger partial charge in [-0.1, -0.05) is 30.3 Å². The number of rotatable bonds is 3. The molecule has 2 N–H and O–H groups in total. The lowest BCUT2D eigenvalue weighted by molar-refractivity contribution is 0.0857. The van der Waals surface area contributed by atoms with E-state index in [-0.39, 0.29) is 6.10 Å². The van der Waals surface area contributed by atoms with E-state index < -0.39 is 15.5 Å². The highest BCUT2D eigenvalue weighted by Gasteiger charge is 2.27. The smallest absolute Gasteiger partial charge is 0.368 e. The molecule has 1 radical (unpaired) electrons. The molecular formula is C13H11N2O3Si. The summed E-state index contributed by atoms with van der Waals surface area (Å²) < 4.78 is 16.8. The van der Waals surface area contributed by atoms with Crippen molar-refractivity contribution >= 4 is 26.2 Å². The monoisotopic (exact) mass is 271 g/mol. The normalized spacial score (nSPS) is 17.2. The molecule has 2 aromatic rings. The molecule has 3 rings (SSSR count). The molecule has 0 spiro atoms. The minimum Gasteiger partial charge on any atom is -0.368 e. The molecule has 0 aromatic heterocycles. The Morgan fingerprint density at radius 2 is 1.95 bits per heavy atom. The summed E-state index contributed by atoms with van der Waals surface area (Å²) in [5.41, 5.74) is 1.52. The lowest BCUT2D eigenvalue weighted by Gasteiger charge is -2.11. The van der Waals surface area contributed by atoms with Crippen LogP contribution >= 0.6 is 0 Å². The highest BCUT2D eigenvalue weighted by molar-refractivity contribution is 6.24. The first-order valence-electron chi connectivity index (χ1n) is 5.82. The van der Waals surface area contributed by atoms with Crippen molar-refractivity contribution in [1.82, 2.24) is 4.67 Å². The van der Waals surface area contributed by atoms with Crippen molar-refractivity contribution in [2.75, 3.05) is 6.61 Å². The molecule has 1 amide bonds. The van der Waals surface area contributed by atoms with E-state index in [1.807, 2.05) is 24.3 Å². The number of nitrogens with two attached hydrogens (primary N) is 1. The Bertz CT molecular complexity index is 670. The number of epoxide rings is 1. The van der Waals surface area contributed by atoms with Crippen molar-refractivity contribution in [3.8, 4) is 0 Å². The van der Waals surface area contributed by atoms with Crippen molar-refractivity contribution in [3.63, 3.8) is 0 Å². The minimum absolute atomic E-state index is 0.115. The zero-order chi connectivity index (χ0) is 13.4. The molecule has 0 aliphatic carbocycles. The fourth-order valence-corrected chi connectivity index (χ4v) is 2.40. The number of carbonyl (C=O) groups is 1. The summed E-state index contributed by atoms with van der Waals surface area (Å²) in [7, 11) is -1.000. The topological polar surface area (TPSA) is 75.9 Å². The van der Waals surface area contributed by atoms with Gasteiger partial charge in [-0.3, -0.25) is 4.79 Å². The van der Waals surface area contributed by atoms with E-state index in [4.69, 9.17) is 10.6 Å². The van der Waals surface area contributed by atoms with Crippen LogP contribution in [0.3, 0.4) is 0 Å². The maximum absolute atomic E-state index is 12.1. The van der Waals surface area contributed by atoms with Crippen molar-refractivity contribution in [2.24, 2.45) is 5.84 Å². The molecule has 2 aromatic carbocycles. The number of carbonyl (C=O) groups excluding carboxylic acids is 1. The number of nitrogens with zero attached hydrogens (tertiary/aromatic N) is 1. The van der Waals surface area contributed by atoms with Crippen molar-refractivity contribution < 1.29 is 14.0 Å². The Morgan fingerprint density at radius 1 is 1.26 bits per heavy atom. The summed E-state index contributed by atoms with van der Waals surface area (Å²) in [6.45, 7) is 0.711. The van der Waals surface area contributed by atoms with Gasteiger partial charge in [-0.2, -0.15) is 0 Å². The molecule has 0 saturated carbocycles. The van der Waals surface area contributed by atoms with E-state index in [1.54, 1.807) is 12.1 Å². The van der Waals surface area contributed by atoms with Crippen LogP contribution in [0.15, 0.2) is 36.4 Å². The molecule has 0 bridgehead atoms. The standard InChI is InChI=1S/C13H11N2O3Si/c14-15(19-17)13(16)11-6-2-3-8-9(11)4-1-5-10(8)12-7-18-12/h1-6,12H,7,14H2.